The molecule has 36 heavy (non-hydrogen) atoms. The van der Waals surface area contributed by atoms with Crippen LogP contribution in [0.1, 0.15) is 35.0 Å². The number of para-hydroxylation sites is 1. The zero-order valence-corrected chi connectivity index (χ0v) is 21.7. The topological polar surface area (TPSA) is 60.8 Å². The second kappa shape index (κ2) is 10.3. The second-order valence-corrected chi connectivity index (χ2v) is 9.01. The third-order valence-corrected chi connectivity index (χ3v) is 6.81. The Labute approximate surface area is 212 Å². The molecule has 0 saturated heterocycles. The molecule has 0 unspecified atom stereocenters. The van der Waals surface area contributed by atoms with Crippen molar-refractivity contribution in [1.29, 1.82) is 0 Å². The zero-order chi connectivity index (χ0) is 26.0. The van der Waals surface area contributed by atoms with E-state index in [9.17, 15) is 9.59 Å². The van der Waals surface area contributed by atoms with E-state index in [1.54, 1.807) is 18.9 Å². The maximum Gasteiger partial charge on any atom is 0.340 e. The molecule has 0 saturated carbocycles. The summed E-state index contributed by atoms with van der Waals surface area (Å²) in [6.45, 7) is 8.41. The van der Waals surface area contributed by atoms with E-state index in [2.05, 4.69) is 23.6 Å². The molecule has 1 aliphatic rings. The van der Waals surface area contributed by atoms with Crippen LogP contribution in [0, 0.1) is 20.8 Å². The minimum Gasteiger partial charge on any atom is -0.497 e. The van der Waals surface area contributed by atoms with Crippen LogP contribution in [-0.4, -0.2) is 42.1 Å². The highest BCUT2D eigenvalue weighted by Crippen LogP contribution is 2.33. The number of hydrogen-bond donors (Lipinski definition) is 0. The van der Waals surface area contributed by atoms with Crippen LogP contribution in [-0.2, 0) is 20.7 Å². The van der Waals surface area contributed by atoms with Gasteiger partial charge in [-0.25, -0.2) is 4.79 Å². The fourth-order valence-electron chi connectivity index (χ4n) is 4.80. The van der Waals surface area contributed by atoms with Crippen LogP contribution in [0.15, 0.2) is 71.4 Å². The Morgan fingerprint density at radius 2 is 1.67 bits per heavy atom. The molecule has 2 aromatic carbocycles. The Bertz CT molecular complexity index is 1380. The number of hydrogen-bond acceptors (Lipinski definition) is 4. The lowest BCUT2D eigenvalue weighted by Gasteiger charge is -2.18. The number of rotatable bonds is 7. The van der Waals surface area contributed by atoms with E-state index in [0.29, 0.717) is 29.8 Å². The number of aromatic nitrogens is 1. The van der Waals surface area contributed by atoms with E-state index in [1.807, 2.05) is 62.4 Å². The van der Waals surface area contributed by atoms with Crippen molar-refractivity contribution in [2.75, 3.05) is 20.8 Å². The summed E-state index contributed by atoms with van der Waals surface area (Å²) < 4.78 is 12.5. The normalized spacial score (nSPS) is 14.7. The van der Waals surface area contributed by atoms with Gasteiger partial charge in [0.25, 0.3) is 5.91 Å². The van der Waals surface area contributed by atoms with E-state index in [1.165, 1.54) is 7.11 Å². The van der Waals surface area contributed by atoms with Crippen molar-refractivity contribution < 1.29 is 19.1 Å². The fourth-order valence-corrected chi connectivity index (χ4v) is 4.80. The molecule has 0 N–H and O–H groups in total. The quantitative estimate of drug-likeness (QED) is 0.336. The van der Waals surface area contributed by atoms with E-state index < -0.39 is 5.97 Å². The van der Waals surface area contributed by atoms with Gasteiger partial charge in [0.1, 0.15) is 5.75 Å². The van der Waals surface area contributed by atoms with E-state index in [-0.39, 0.29) is 5.91 Å². The van der Waals surface area contributed by atoms with Gasteiger partial charge in [0, 0.05) is 29.3 Å². The Kier molecular flexibility index (Phi) is 7.15. The average molecular weight is 485 g/mol. The molecule has 0 bridgehead atoms. The molecule has 0 fully saturated rings. The van der Waals surface area contributed by atoms with Crippen molar-refractivity contribution >= 4 is 18.0 Å². The number of methoxy groups -OCH3 is 2. The third kappa shape index (κ3) is 4.59. The van der Waals surface area contributed by atoms with Crippen LogP contribution in [0.4, 0.5) is 0 Å². The van der Waals surface area contributed by atoms with Gasteiger partial charge < -0.3 is 18.9 Å². The minimum atomic E-state index is -0.508. The van der Waals surface area contributed by atoms with Gasteiger partial charge in [0.2, 0.25) is 0 Å². The van der Waals surface area contributed by atoms with E-state index >= 15 is 0 Å². The van der Waals surface area contributed by atoms with Crippen molar-refractivity contribution in [2.45, 2.75) is 34.1 Å². The van der Waals surface area contributed by atoms with Crippen LogP contribution in [0.2, 0.25) is 0 Å². The first kappa shape index (κ1) is 25.0. The molecule has 186 valence electrons. The van der Waals surface area contributed by atoms with Gasteiger partial charge in [0.05, 0.1) is 25.4 Å². The van der Waals surface area contributed by atoms with Gasteiger partial charge in [-0.05, 0) is 81.1 Å². The molecule has 1 aromatic heterocycles. The Balaban J connectivity index is 1.69. The van der Waals surface area contributed by atoms with Gasteiger partial charge >= 0.3 is 5.97 Å². The van der Waals surface area contributed by atoms with Gasteiger partial charge in [-0.3, -0.25) is 4.79 Å². The second-order valence-electron chi connectivity index (χ2n) is 9.01. The molecule has 2 heterocycles. The van der Waals surface area contributed by atoms with E-state index in [0.717, 1.165) is 39.5 Å². The lowest BCUT2D eigenvalue weighted by molar-refractivity contribution is -0.136. The largest absolute Gasteiger partial charge is 0.497 e. The average Bonchev–Trinajstić information content (AvgIpc) is 3.29. The van der Waals surface area contributed by atoms with Gasteiger partial charge in [-0.2, -0.15) is 0 Å². The zero-order valence-electron chi connectivity index (χ0n) is 21.7. The Morgan fingerprint density at radius 3 is 2.31 bits per heavy atom. The number of aryl methyl sites for hydroxylation is 2. The summed E-state index contributed by atoms with van der Waals surface area (Å²) in [4.78, 5) is 28.0. The molecule has 6 heteroatoms. The molecular weight excluding hydrogens is 452 g/mol. The lowest BCUT2D eigenvalue weighted by Crippen LogP contribution is -2.27. The first-order valence-electron chi connectivity index (χ1n) is 12.0. The summed E-state index contributed by atoms with van der Waals surface area (Å²) in [6.07, 6.45) is 2.47. The number of nitrogens with zero attached hydrogens (tertiary/aromatic N) is 2. The highest BCUT2D eigenvalue weighted by molar-refractivity contribution is 6.16. The van der Waals surface area contributed by atoms with Crippen LogP contribution < -0.4 is 4.74 Å². The molecule has 0 aliphatic carbocycles. The smallest absolute Gasteiger partial charge is 0.340 e. The number of benzene rings is 2. The molecule has 4 rings (SSSR count). The first-order valence-corrected chi connectivity index (χ1v) is 12.0. The predicted molar refractivity (Wildman–Crippen MR) is 141 cm³/mol. The number of allylic oxidation sites excluding steroid dienone is 1. The van der Waals surface area contributed by atoms with Crippen molar-refractivity contribution in [2.24, 2.45) is 0 Å². The summed E-state index contributed by atoms with van der Waals surface area (Å²) in [5.41, 5.74) is 7.57. The summed E-state index contributed by atoms with van der Waals surface area (Å²) in [5.74, 6) is 0.0856. The number of amides is 1. The first-order chi connectivity index (χ1) is 17.3. The van der Waals surface area contributed by atoms with Crippen molar-refractivity contribution in [3.63, 3.8) is 0 Å². The van der Waals surface area contributed by atoms with E-state index in [4.69, 9.17) is 9.47 Å². The SMILES string of the molecule is COC(=O)C1=C(C)N(CCc2ccc(OC)cc2)C(=O)C1=Cc1cc(C)n(-c2ccccc2C)c1C. The Morgan fingerprint density at radius 1 is 0.972 bits per heavy atom. The predicted octanol–water partition coefficient (Wildman–Crippen LogP) is 5.33. The van der Waals surface area contributed by atoms with Crippen LogP contribution in [0.3, 0.4) is 0 Å². The molecule has 6 nitrogen and oxygen atoms in total. The molecule has 1 aliphatic heterocycles. The molecule has 1 amide bonds. The van der Waals surface area contributed by atoms with Crippen LogP contribution >= 0.6 is 0 Å². The maximum absolute atomic E-state index is 13.6. The molecular formula is C30H32N2O4. The van der Waals surface area contributed by atoms with Gasteiger partial charge in [-0.1, -0.05) is 30.3 Å². The monoisotopic (exact) mass is 484 g/mol. The van der Waals surface area contributed by atoms with Gasteiger partial charge in [-0.15, -0.1) is 0 Å². The minimum absolute atomic E-state index is 0.192. The number of carbonyl (C=O) groups is 2. The summed E-state index contributed by atoms with van der Waals surface area (Å²) in [7, 11) is 2.97. The number of esters is 1. The summed E-state index contributed by atoms with van der Waals surface area (Å²) in [6, 6.07) is 18.0. The van der Waals surface area contributed by atoms with Crippen molar-refractivity contribution in [1.82, 2.24) is 9.47 Å². The standard InChI is InChI=1S/C30H32N2O4/c1-19-9-7-8-10-27(19)32-20(2)17-24(21(32)3)18-26-28(30(34)36-6)22(4)31(29(26)33)16-15-23-11-13-25(35-5)14-12-23/h7-14,17-18H,15-16H2,1-6H3. The number of ether oxygens (including phenoxy) is 2. The van der Waals surface area contributed by atoms with Crippen molar-refractivity contribution in [3.8, 4) is 11.4 Å². The highest BCUT2D eigenvalue weighted by atomic mass is 16.5. The lowest BCUT2D eigenvalue weighted by atomic mass is 10.0. The summed E-state index contributed by atoms with van der Waals surface area (Å²) >= 11 is 0. The highest BCUT2D eigenvalue weighted by Gasteiger charge is 2.37. The van der Waals surface area contributed by atoms with Crippen molar-refractivity contribution in [3.05, 3.63) is 99.5 Å². The summed E-state index contributed by atoms with van der Waals surface area (Å²) in [5, 5.41) is 0. The van der Waals surface area contributed by atoms with Gasteiger partial charge in [0.15, 0.2) is 0 Å². The maximum atomic E-state index is 13.6. The molecule has 0 atom stereocenters. The fraction of sp³-hybridized carbons (Fsp3) is 0.267. The number of carbonyl (C=O) groups excluding carboxylic acids is 2. The molecule has 0 spiro atoms. The molecule has 0 radical (unpaired) electrons. The van der Waals surface area contributed by atoms with Crippen LogP contribution in [0.25, 0.3) is 11.8 Å². The third-order valence-electron chi connectivity index (χ3n) is 6.81. The molecule has 3 aromatic rings. The van der Waals surface area contributed by atoms with Crippen LogP contribution in [0.5, 0.6) is 5.75 Å². The Hall–Kier alpha value is -4.06.